The molecule has 168 valence electrons. The third-order valence-electron chi connectivity index (χ3n) is 5.15. The summed E-state index contributed by atoms with van der Waals surface area (Å²) < 4.78 is 11.0. The first-order valence-corrected chi connectivity index (χ1v) is 10.7. The number of rotatable bonds is 10. The summed E-state index contributed by atoms with van der Waals surface area (Å²) >= 11 is 6.05. The highest BCUT2D eigenvalue weighted by molar-refractivity contribution is 6.31. The highest BCUT2D eigenvalue weighted by atomic mass is 35.5. The minimum Gasteiger partial charge on any atom is -0.497 e. The van der Waals surface area contributed by atoms with Crippen LogP contribution in [0.1, 0.15) is 38.3 Å². The number of nitrogens with one attached hydrogen (secondary N) is 1. The van der Waals surface area contributed by atoms with Crippen LogP contribution in [0.3, 0.4) is 0 Å². The minimum atomic E-state index is -0.664. The van der Waals surface area contributed by atoms with Crippen molar-refractivity contribution in [3.05, 3.63) is 58.6 Å². The summed E-state index contributed by atoms with van der Waals surface area (Å²) in [6.45, 7) is 7.59. The summed E-state index contributed by atoms with van der Waals surface area (Å²) in [5.41, 5.74) is 1.72. The zero-order chi connectivity index (χ0) is 23.0. The maximum Gasteiger partial charge on any atom is 0.261 e. The van der Waals surface area contributed by atoms with Gasteiger partial charge in [-0.3, -0.25) is 9.59 Å². The van der Waals surface area contributed by atoms with Gasteiger partial charge in [-0.05, 0) is 68.7 Å². The lowest BCUT2D eigenvalue weighted by Gasteiger charge is -2.29. The second-order valence-electron chi connectivity index (χ2n) is 7.57. The number of halogens is 1. The number of carbonyl (C=O) groups excluding carboxylic acids is 2. The first-order chi connectivity index (χ1) is 14.7. The Morgan fingerprint density at radius 2 is 1.87 bits per heavy atom. The SMILES string of the molecule is CCC(C)NC(=O)C(C)N(Cc1cccc(OC)c1)C(=O)COc1ccc(Cl)c(C)c1. The van der Waals surface area contributed by atoms with Gasteiger partial charge < -0.3 is 19.7 Å². The Kier molecular flexibility index (Phi) is 9.19. The second-order valence-corrected chi connectivity index (χ2v) is 7.97. The van der Waals surface area contributed by atoms with E-state index in [0.717, 1.165) is 17.5 Å². The molecule has 0 aromatic heterocycles. The summed E-state index contributed by atoms with van der Waals surface area (Å²) in [5, 5.41) is 3.58. The van der Waals surface area contributed by atoms with Gasteiger partial charge >= 0.3 is 0 Å². The Bertz CT molecular complexity index is 903. The molecular formula is C24H31ClN2O4. The third kappa shape index (κ3) is 7.17. The fourth-order valence-corrected chi connectivity index (χ4v) is 3.07. The Balaban J connectivity index is 2.18. The maximum absolute atomic E-state index is 13.1. The van der Waals surface area contributed by atoms with E-state index in [2.05, 4.69) is 5.32 Å². The van der Waals surface area contributed by atoms with Crippen LogP contribution in [0.25, 0.3) is 0 Å². The topological polar surface area (TPSA) is 67.9 Å². The summed E-state index contributed by atoms with van der Waals surface area (Å²) in [6, 6.07) is 12.0. The van der Waals surface area contributed by atoms with E-state index >= 15 is 0 Å². The average Bonchev–Trinajstić information content (AvgIpc) is 2.77. The Hall–Kier alpha value is -2.73. The van der Waals surface area contributed by atoms with E-state index in [0.29, 0.717) is 16.5 Å². The predicted molar refractivity (Wildman–Crippen MR) is 123 cm³/mol. The standard InChI is InChI=1S/C24H31ClN2O4/c1-6-17(3)26-24(29)18(4)27(14-19-8-7-9-20(13-19)30-5)23(28)15-31-21-10-11-22(25)16(2)12-21/h7-13,17-18H,6,14-15H2,1-5H3,(H,26,29). The molecule has 0 saturated heterocycles. The van der Waals surface area contributed by atoms with Crippen molar-refractivity contribution in [3.63, 3.8) is 0 Å². The van der Waals surface area contributed by atoms with Crippen molar-refractivity contribution < 1.29 is 19.1 Å². The van der Waals surface area contributed by atoms with Crippen molar-refractivity contribution in [1.29, 1.82) is 0 Å². The lowest BCUT2D eigenvalue weighted by Crippen LogP contribution is -2.50. The van der Waals surface area contributed by atoms with Gasteiger partial charge in [0.1, 0.15) is 17.5 Å². The molecule has 0 heterocycles. The predicted octanol–water partition coefficient (Wildman–Crippen LogP) is 4.37. The fourth-order valence-electron chi connectivity index (χ4n) is 2.95. The number of benzene rings is 2. The van der Waals surface area contributed by atoms with E-state index in [-0.39, 0.29) is 31.0 Å². The van der Waals surface area contributed by atoms with E-state index in [9.17, 15) is 9.59 Å². The number of hydrogen-bond donors (Lipinski definition) is 1. The largest absolute Gasteiger partial charge is 0.497 e. The van der Waals surface area contributed by atoms with Crippen molar-refractivity contribution in [2.75, 3.05) is 13.7 Å². The second kappa shape index (κ2) is 11.6. The number of methoxy groups -OCH3 is 1. The molecule has 2 rings (SSSR count). The number of nitrogens with zero attached hydrogens (tertiary/aromatic N) is 1. The molecule has 0 aliphatic rings. The molecule has 0 aliphatic carbocycles. The van der Waals surface area contributed by atoms with Crippen molar-refractivity contribution in [1.82, 2.24) is 10.2 Å². The van der Waals surface area contributed by atoms with Gasteiger partial charge in [0.25, 0.3) is 5.91 Å². The van der Waals surface area contributed by atoms with Gasteiger partial charge in [-0.1, -0.05) is 30.7 Å². The molecule has 7 heteroatoms. The lowest BCUT2D eigenvalue weighted by atomic mass is 10.1. The van der Waals surface area contributed by atoms with Gasteiger partial charge in [-0.15, -0.1) is 0 Å². The molecule has 6 nitrogen and oxygen atoms in total. The quantitative estimate of drug-likeness (QED) is 0.588. The molecule has 2 aromatic carbocycles. The van der Waals surface area contributed by atoms with E-state index in [4.69, 9.17) is 21.1 Å². The van der Waals surface area contributed by atoms with Gasteiger partial charge in [-0.2, -0.15) is 0 Å². The van der Waals surface area contributed by atoms with Crippen LogP contribution in [0.5, 0.6) is 11.5 Å². The van der Waals surface area contributed by atoms with Gasteiger partial charge in [0, 0.05) is 17.6 Å². The summed E-state index contributed by atoms with van der Waals surface area (Å²) in [7, 11) is 1.59. The van der Waals surface area contributed by atoms with Crippen molar-refractivity contribution in [2.24, 2.45) is 0 Å². The molecule has 31 heavy (non-hydrogen) atoms. The summed E-state index contributed by atoms with van der Waals surface area (Å²) in [5.74, 6) is 0.748. The molecule has 2 unspecified atom stereocenters. The van der Waals surface area contributed by atoms with Crippen LogP contribution in [-0.2, 0) is 16.1 Å². The molecule has 0 saturated carbocycles. The number of ether oxygens (including phenoxy) is 2. The Morgan fingerprint density at radius 1 is 1.13 bits per heavy atom. The normalized spacial score (nSPS) is 12.6. The molecule has 2 amide bonds. The van der Waals surface area contributed by atoms with E-state index in [1.165, 1.54) is 4.90 Å². The van der Waals surface area contributed by atoms with Crippen LogP contribution in [0.4, 0.5) is 0 Å². The highest BCUT2D eigenvalue weighted by Gasteiger charge is 2.27. The number of hydrogen-bond acceptors (Lipinski definition) is 4. The van der Waals surface area contributed by atoms with Crippen LogP contribution in [0.15, 0.2) is 42.5 Å². The minimum absolute atomic E-state index is 0.0250. The first kappa shape index (κ1) is 24.5. The van der Waals surface area contributed by atoms with Crippen LogP contribution in [-0.4, -0.2) is 42.5 Å². The average molecular weight is 447 g/mol. The molecule has 2 aromatic rings. The van der Waals surface area contributed by atoms with Gasteiger partial charge in [-0.25, -0.2) is 0 Å². The van der Waals surface area contributed by atoms with Crippen molar-refractivity contribution in [2.45, 2.75) is 52.7 Å². The number of carbonyl (C=O) groups is 2. The molecule has 0 aliphatic heterocycles. The molecule has 1 N–H and O–H groups in total. The molecule has 0 bridgehead atoms. The van der Waals surface area contributed by atoms with Crippen LogP contribution in [0, 0.1) is 6.92 Å². The first-order valence-electron chi connectivity index (χ1n) is 10.4. The summed E-state index contributed by atoms with van der Waals surface area (Å²) in [6.07, 6.45) is 0.807. The zero-order valence-electron chi connectivity index (χ0n) is 18.8. The Morgan fingerprint density at radius 3 is 2.52 bits per heavy atom. The number of aryl methyl sites for hydroxylation is 1. The van der Waals surface area contributed by atoms with Crippen molar-refractivity contribution >= 4 is 23.4 Å². The van der Waals surface area contributed by atoms with Gasteiger partial charge in [0.15, 0.2) is 6.61 Å². The molecular weight excluding hydrogens is 416 g/mol. The third-order valence-corrected chi connectivity index (χ3v) is 5.57. The van der Waals surface area contributed by atoms with Crippen LogP contribution in [0.2, 0.25) is 5.02 Å². The summed E-state index contributed by atoms with van der Waals surface area (Å²) in [4.78, 5) is 27.4. The lowest BCUT2D eigenvalue weighted by molar-refractivity contribution is -0.142. The van der Waals surface area contributed by atoms with Crippen LogP contribution < -0.4 is 14.8 Å². The van der Waals surface area contributed by atoms with Gasteiger partial charge in [0.2, 0.25) is 5.91 Å². The number of amides is 2. The monoisotopic (exact) mass is 446 g/mol. The fraction of sp³-hybridized carbons (Fsp3) is 0.417. The smallest absolute Gasteiger partial charge is 0.261 e. The Labute approximate surface area is 189 Å². The zero-order valence-corrected chi connectivity index (χ0v) is 19.5. The van der Waals surface area contributed by atoms with Crippen molar-refractivity contribution in [3.8, 4) is 11.5 Å². The molecule has 0 fully saturated rings. The maximum atomic E-state index is 13.1. The molecule has 2 atom stereocenters. The van der Waals surface area contributed by atoms with Crippen LogP contribution >= 0.6 is 11.6 Å². The van der Waals surface area contributed by atoms with E-state index in [1.807, 2.05) is 45.0 Å². The molecule has 0 spiro atoms. The van der Waals surface area contributed by atoms with Gasteiger partial charge in [0.05, 0.1) is 7.11 Å². The van der Waals surface area contributed by atoms with E-state index < -0.39 is 6.04 Å². The molecule has 0 radical (unpaired) electrons. The van der Waals surface area contributed by atoms with E-state index in [1.54, 1.807) is 32.2 Å². The highest BCUT2D eigenvalue weighted by Crippen LogP contribution is 2.21.